The van der Waals surface area contributed by atoms with Gasteiger partial charge < -0.3 is 10.5 Å². The lowest BCUT2D eigenvalue weighted by Crippen LogP contribution is -2.33. The number of hydrogen-bond donors (Lipinski definition) is 1. The van der Waals surface area contributed by atoms with Crippen LogP contribution in [-0.4, -0.2) is 30.0 Å². The van der Waals surface area contributed by atoms with Crippen LogP contribution in [0.1, 0.15) is 12.0 Å². The predicted octanol–water partition coefficient (Wildman–Crippen LogP) is 1.99. The van der Waals surface area contributed by atoms with E-state index in [1.165, 1.54) is 48.2 Å². The molecule has 6 heteroatoms. The van der Waals surface area contributed by atoms with Crippen LogP contribution in [0.5, 0.6) is 0 Å². The summed E-state index contributed by atoms with van der Waals surface area (Å²) in [5, 5.41) is 0. The lowest BCUT2D eigenvalue weighted by molar-refractivity contribution is -0.150. The topological polar surface area (TPSA) is 69.4 Å². The molecule has 0 fully saturated rings. The van der Waals surface area contributed by atoms with Gasteiger partial charge in [-0.2, -0.15) is 11.8 Å². The number of primary amides is 1. The molecule has 108 valence electrons. The van der Waals surface area contributed by atoms with E-state index in [2.05, 4.69) is 0 Å². The molecule has 1 aromatic rings. The van der Waals surface area contributed by atoms with E-state index in [1.54, 1.807) is 0 Å². The summed E-state index contributed by atoms with van der Waals surface area (Å²) < 4.78 is 17.7. The number of hydrogen-bond acceptors (Lipinski definition) is 4. The van der Waals surface area contributed by atoms with Crippen LogP contribution in [0.3, 0.4) is 0 Å². The molecule has 1 rings (SSSR count). The molecular formula is C14H16FNO3S. The Morgan fingerprint density at radius 2 is 2.05 bits per heavy atom. The molecule has 0 spiro atoms. The van der Waals surface area contributed by atoms with E-state index >= 15 is 0 Å². The summed E-state index contributed by atoms with van der Waals surface area (Å²) in [7, 11) is 0. The fourth-order valence-corrected chi connectivity index (χ4v) is 1.85. The minimum Gasteiger partial charge on any atom is -0.449 e. The van der Waals surface area contributed by atoms with Crippen molar-refractivity contribution in [3.05, 3.63) is 41.7 Å². The summed E-state index contributed by atoms with van der Waals surface area (Å²) in [6, 6.07) is 5.63. The van der Waals surface area contributed by atoms with Gasteiger partial charge in [0, 0.05) is 12.5 Å². The van der Waals surface area contributed by atoms with Gasteiger partial charge in [0.2, 0.25) is 0 Å². The highest BCUT2D eigenvalue weighted by Gasteiger charge is 2.18. The minimum absolute atomic E-state index is 0.351. The van der Waals surface area contributed by atoms with Gasteiger partial charge in [-0.25, -0.2) is 9.18 Å². The zero-order valence-corrected chi connectivity index (χ0v) is 11.9. The van der Waals surface area contributed by atoms with Crippen LogP contribution in [-0.2, 0) is 14.3 Å². The second-order valence-electron chi connectivity index (χ2n) is 3.99. The van der Waals surface area contributed by atoms with Gasteiger partial charge in [0.05, 0.1) is 0 Å². The Labute approximate surface area is 121 Å². The van der Waals surface area contributed by atoms with Crippen molar-refractivity contribution >= 4 is 29.7 Å². The summed E-state index contributed by atoms with van der Waals surface area (Å²) in [6.07, 6.45) is 4.00. The van der Waals surface area contributed by atoms with Crippen molar-refractivity contribution in [3.63, 3.8) is 0 Å². The molecule has 1 unspecified atom stereocenters. The first kappa shape index (κ1) is 16.2. The van der Waals surface area contributed by atoms with Crippen LogP contribution < -0.4 is 5.73 Å². The van der Waals surface area contributed by atoms with Crippen LogP contribution >= 0.6 is 11.8 Å². The number of benzene rings is 1. The van der Waals surface area contributed by atoms with Gasteiger partial charge in [0.1, 0.15) is 5.82 Å². The molecular weight excluding hydrogens is 281 g/mol. The first-order valence-corrected chi connectivity index (χ1v) is 7.35. The maximum atomic E-state index is 12.7. The largest absolute Gasteiger partial charge is 0.449 e. The Morgan fingerprint density at radius 3 is 2.60 bits per heavy atom. The number of esters is 1. The van der Waals surface area contributed by atoms with Crippen LogP contribution in [0.15, 0.2) is 30.3 Å². The monoisotopic (exact) mass is 297 g/mol. The fourth-order valence-electron chi connectivity index (χ4n) is 1.40. The third kappa shape index (κ3) is 5.88. The third-order valence-corrected chi connectivity index (χ3v) is 3.09. The number of halogens is 1. The average molecular weight is 297 g/mol. The van der Waals surface area contributed by atoms with Crippen LogP contribution in [0, 0.1) is 5.82 Å². The van der Waals surface area contributed by atoms with E-state index in [9.17, 15) is 14.0 Å². The normalized spacial score (nSPS) is 12.3. The molecule has 0 bridgehead atoms. The Morgan fingerprint density at radius 1 is 1.40 bits per heavy atom. The number of carbonyl (C=O) groups is 2. The van der Waals surface area contributed by atoms with E-state index in [0.29, 0.717) is 17.7 Å². The standard InChI is InChI=1S/C14H16FNO3S/c1-20-9-8-12(14(16)18)19-13(17)7-4-10-2-5-11(15)6-3-10/h2-7,12H,8-9H2,1H3,(H2,16,18). The van der Waals surface area contributed by atoms with Crippen LogP contribution in [0.4, 0.5) is 4.39 Å². The summed E-state index contributed by atoms with van der Waals surface area (Å²) >= 11 is 1.53. The number of thioether (sulfide) groups is 1. The average Bonchev–Trinajstić information content (AvgIpc) is 2.42. The molecule has 1 amide bonds. The fraction of sp³-hybridized carbons (Fsp3) is 0.286. The Hall–Kier alpha value is -1.82. The number of carbonyl (C=O) groups excluding carboxylic acids is 2. The van der Waals surface area contributed by atoms with E-state index in [-0.39, 0.29) is 5.82 Å². The molecule has 0 aliphatic carbocycles. The van der Waals surface area contributed by atoms with Gasteiger partial charge in [-0.3, -0.25) is 4.79 Å². The zero-order valence-electron chi connectivity index (χ0n) is 11.0. The first-order chi connectivity index (χ1) is 9.52. The molecule has 1 atom stereocenters. The molecule has 0 heterocycles. The minimum atomic E-state index is -0.923. The van der Waals surface area contributed by atoms with Crippen molar-refractivity contribution in [1.29, 1.82) is 0 Å². The summed E-state index contributed by atoms with van der Waals surface area (Å²) in [4.78, 5) is 22.7. The quantitative estimate of drug-likeness (QED) is 0.617. The second-order valence-corrected chi connectivity index (χ2v) is 4.98. The summed E-state index contributed by atoms with van der Waals surface area (Å²) in [5.41, 5.74) is 5.81. The van der Waals surface area contributed by atoms with E-state index in [0.717, 1.165) is 0 Å². The van der Waals surface area contributed by atoms with E-state index < -0.39 is 18.0 Å². The lowest BCUT2D eigenvalue weighted by Gasteiger charge is -2.12. The Kier molecular flexibility index (Phi) is 6.79. The van der Waals surface area contributed by atoms with Crippen molar-refractivity contribution in [1.82, 2.24) is 0 Å². The number of rotatable bonds is 7. The van der Waals surface area contributed by atoms with E-state index in [1.807, 2.05) is 6.26 Å². The Balaban J connectivity index is 2.56. The van der Waals surface area contributed by atoms with Crippen LogP contribution in [0.2, 0.25) is 0 Å². The van der Waals surface area contributed by atoms with Gasteiger partial charge in [-0.15, -0.1) is 0 Å². The molecule has 0 aromatic heterocycles. The van der Waals surface area contributed by atoms with Gasteiger partial charge in [-0.1, -0.05) is 12.1 Å². The maximum absolute atomic E-state index is 12.7. The van der Waals surface area contributed by atoms with Gasteiger partial charge in [-0.05, 0) is 35.8 Å². The predicted molar refractivity (Wildman–Crippen MR) is 77.5 cm³/mol. The van der Waals surface area contributed by atoms with Gasteiger partial charge in [0.15, 0.2) is 6.10 Å². The van der Waals surface area contributed by atoms with E-state index in [4.69, 9.17) is 10.5 Å². The number of ether oxygens (including phenoxy) is 1. The first-order valence-electron chi connectivity index (χ1n) is 5.95. The molecule has 20 heavy (non-hydrogen) atoms. The molecule has 1 aromatic carbocycles. The third-order valence-electron chi connectivity index (χ3n) is 2.44. The molecule has 4 nitrogen and oxygen atoms in total. The van der Waals surface area contributed by atoms with Gasteiger partial charge >= 0.3 is 5.97 Å². The van der Waals surface area contributed by atoms with Crippen molar-refractivity contribution < 1.29 is 18.7 Å². The molecule has 0 aliphatic rings. The molecule has 0 saturated carbocycles. The maximum Gasteiger partial charge on any atom is 0.331 e. The molecule has 0 saturated heterocycles. The second kappa shape index (κ2) is 8.37. The van der Waals surface area contributed by atoms with Gasteiger partial charge in [0.25, 0.3) is 5.91 Å². The summed E-state index contributed by atoms with van der Waals surface area (Å²) in [6.45, 7) is 0. The van der Waals surface area contributed by atoms with Crippen LogP contribution in [0.25, 0.3) is 6.08 Å². The molecule has 0 aliphatic heterocycles. The number of nitrogens with two attached hydrogens (primary N) is 1. The zero-order chi connectivity index (χ0) is 15.0. The Bertz CT molecular complexity index is 488. The van der Waals surface area contributed by atoms with Crippen molar-refractivity contribution in [3.8, 4) is 0 Å². The highest BCUT2D eigenvalue weighted by atomic mass is 32.2. The number of amides is 1. The van der Waals surface area contributed by atoms with Crippen molar-refractivity contribution in [2.45, 2.75) is 12.5 Å². The highest BCUT2D eigenvalue weighted by molar-refractivity contribution is 7.98. The molecule has 2 N–H and O–H groups in total. The molecule has 0 radical (unpaired) electrons. The smallest absolute Gasteiger partial charge is 0.331 e. The highest BCUT2D eigenvalue weighted by Crippen LogP contribution is 2.07. The SMILES string of the molecule is CSCCC(OC(=O)C=Cc1ccc(F)cc1)C(N)=O. The lowest BCUT2D eigenvalue weighted by atomic mass is 10.2. The van der Waals surface area contributed by atoms with Crippen molar-refractivity contribution in [2.75, 3.05) is 12.0 Å². The van der Waals surface area contributed by atoms with Crippen molar-refractivity contribution in [2.24, 2.45) is 5.73 Å². The summed E-state index contributed by atoms with van der Waals surface area (Å²) in [5.74, 6) is -1.000.